The van der Waals surface area contributed by atoms with E-state index in [-0.39, 0.29) is 5.91 Å². The summed E-state index contributed by atoms with van der Waals surface area (Å²) < 4.78 is 2.04. The topological polar surface area (TPSA) is 46.4 Å². The number of aromatic nitrogens is 2. The number of thioether (sulfide) groups is 1. The summed E-state index contributed by atoms with van der Waals surface area (Å²) in [5, 5.41) is 3.21. The average molecular weight is 331 g/mol. The first kappa shape index (κ1) is 16.4. The molecule has 0 aromatic carbocycles. The summed E-state index contributed by atoms with van der Waals surface area (Å²) in [6.45, 7) is 0. The van der Waals surface area contributed by atoms with Gasteiger partial charge >= 0.3 is 0 Å². The highest BCUT2D eigenvalue weighted by atomic mass is 32.2. The van der Waals surface area contributed by atoms with E-state index in [9.17, 15) is 4.79 Å². The summed E-state index contributed by atoms with van der Waals surface area (Å²) in [6, 6.07) is 6.42. The van der Waals surface area contributed by atoms with Crippen LogP contribution in [-0.4, -0.2) is 27.1 Å². The molecule has 0 unspecified atom stereocenters. The van der Waals surface area contributed by atoms with Crippen molar-refractivity contribution in [1.29, 1.82) is 0 Å². The van der Waals surface area contributed by atoms with Crippen LogP contribution in [0.3, 0.4) is 0 Å². The zero-order valence-corrected chi connectivity index (χ0v) is 14.4. The third-order valence-electron chi connectivity index (χ3n) is 4.36. The van der Waals surface area contributed by atoms with Gasteiger partial charge in [-0.25, -0.2) is 4.98 Å². The summed E-state index contributed by atoms with van der Waals surface area (Å²) >= 11 is 1.78. The molecule has 3 rings (SSSR count). The largest absolute Gasteiger partial charge is 0.353 e. The number of hydrogen-bond donors (Lipinski definition) is 1. The Balaban J connectivity index is 1.36. The number of fused-ring (bicyclic) bond motifs is 1. The van der Waals surface area contributed by atoms with Gasteiger partial charge in [0.2, 0.25) is 5.91 Å². The first-order valence-electron chi connectivity index (χ1n) is 8.61. The van der Waals surface area contributed by atoms with Crippen molar-refractivity contribution in [2.24, 2.45) is 0 Å². The van der Waals surface area contributed by atoms with Gasteiger partial charge in [-0.05, 0) is 25.0 Å². The van der Waals surface area contributed by atoms with Crippen molar-refractivity contribution < 1.29 is 4.79 Å². The maximum atomic E-state index is 12.0. The lowest BCUT2D eigenvalue weighted by Gasteiger charge is -2.15. The van der Waals surface area contributed by atoms with E-state index in [1.807, 2.05) is 28.8 Å². The fourth-order valence-corrected chi connectivity index (χ4v) is 3.94. The second-order valence-electron chi connectivity index (χ2n) is 6.26. The minimum Gasteiger partial charge on any atom is -0.353 e. The van der Waals surface area contributed by atoms with Gasteiger partial charge in [0, 0.05) is 36.4 Å². The van der Waals surface area contributed by atoms with Crippen LogP contribution in [-0.2, 0) is 10.5 Å². The Labute approximate surface area is 142 Å². The Kier molecular flexibility index (Phi) is 5.97. The van der Waals surface area contributed by atoms with Gasteiger partial charge in [-0.15, -0.1) is 0 Å². The van der Waals surface area contributed by atoms with Gasteiger partial charge in [0.25, 0.3) is 0 Å². The zero-order chi connectivity index (χ0) is 15.9. The van der Waals surface area contributed by atoms with Crippen LogP contribution in [0.4, 0.5) is 0 Å². The first-order valence-corrected chi connectivity index (χ1v) is 9.76. The molecule has 4 nitrogen and oxygen atoms in total. The highest BCUT2D eigenvalue weighted by Gasteiger charge is 2.14. The van der Waals surface area contributed by atoms with Crippen LogP contribution in [0.1, 0.15) is 50.6 Å². The van der Waals surface area contributed by atoms with Crippen molar-refractivity contribution in [2.75, 3.05) is 5.75 Å². The molecule has 0 radical (unpaired) electrons. The van der Waals surface area contributed by atoms with Crippen LogP contribution in [0.5, 0.6) is 0 Å². The number of pyridine rings is 1. The first-order chi connectivity index (χ1) is 11.3. The Morgan fingerprint density at radius 3 is 2.87 bits per heavy atom. The highest BCUT2D eigenvalue weighted by molar-refractivity contribution is 7.98. The van der Waals surface area contributed by atoms with Gasteiger partial charge in [0.15, 0.2) is 0 Å². The quantitative estimate of drug-likeness (QED) is 0.647. The molecule has 2 heterocycles. The molecule has 2 aromatic heterocycles. The van der Waals surface area contributed by atoms with Crippen LogP contribution < -0.4 is 5.32 Å². The third-order valence-corrected chi connectivity index (χ3v) is 5.35. The van der Waals surface area contributed by atoms with Crippen LogP contribution in [0.2, 0.25) is 0 Å². The van der Waals surface area contributed by atoms with Gasteiger partial charge < -0.3 is 9.72 Å². The molecule has 5 heteroatoms. The van der Waals surface area contributed by atoms with Gasteiger partial charge in [0.1, 0.15) is 5.65 Å². The van der Waals surface area contributed by atoms with Crippen molar-refractivity contribution in [3.8, 4) is 0 Å². The standard InChI is InChI=1S/C18H25N3OS/c22-18(20-15-7-3-1-2-4-8-15)10-12-23-14-16-13-21-11-6-5-9-17(21)19-16/h5-6,9,11,13,15H,1-4,7-8,10,12,14H2,(H,20,22). The Morgan fingerprint density at radius 1 is 1.26 bits per heavy atom. The van der Waals surface area contributed by atoms with Gasteiger partial charge in [-0.3, -0.25) is 4.79 Å². The number of nitrogens with zero attached hydrogens (tertiary/aromatic N) is 2. The molecule has 0 bridgehead atoms. The van der Waals surface area contributed by atoms with Crippen LogP contribution >= 0.6 is 11.8 Å². The molecular formula is C18H25N3OS. The maximum absolute atomic E-state index is 12.0. The van der Waals surface area contributed by atoms with Crippen LogP contribution in [0, 0.1) is 0 Å². The normalized spacial score (nSPS) is 16.3. The molecule has 0 aliphatic heterocycles. The molecule has 0 atom stereocenters. The predicted molar refractivity (Wildman–Crippen MR) is 95.6 cm³/mol. The monoisotopic (exact) mass is 331 g/mol. The molecule has 1 aliphatic carbocycles. The average Bonchev–Trinajstić information content (AvgIpc) is 2.80. The van der Waals surface area contributed by atoms with Crippen molar-refractivity contribution in [1.82, 2.24) is 14.7 Å². The zero-order valence-electron chi connectivity index (χ0n) is 13.5. The Bertz CT molecular complexity index is 599. The number of amides is 1. The summed E-state index contributed by atoms with van der Waals surface area (Å²) in [4.78, 5) is 16.6. The lowest BCUT2D eigenvalue weighted by Crippen LogP contribution is -2.34. The summed E-state index contributed by atoms with van der Waals surface area (Å²) in [7, 11) is 0. The van der Waals surface area contributed by atoms with E-state index in [4.69, 9.17) is 0 Å². The smallest absolute Gasteiger partial charge is 0.221 e. The fraction of sp³-hybridized carbons (Fsp3) is 0.556. The van der Waals surface area contributed by atoms with Crippen molar-refractivity contribution in [3.05, 3.63) is 36.3 Å². The summed E-state index contributed by atoms with van der Waals surface area (Å²) in [5.74, 6) is 1.92. The Morgan fingerprint density at radius 2 is 2.09 bits per heavy atom. The van der Waals surface area contributed by atoms with Crippen molar-refractivity contribution in [3.63, 3.8) is 0 Å². The lowest BCUT2D eigenvalue weighted by atomic mass is 10.1. The van der Waals surface area contributed by atoms with Crippen LogP contribution in [0.15, 0.2) is 30.6 Å². The van der Waals surface area contributed by atoms with E-state index in [2.05, 4.69) is 16.5 Å². The van der Waals surface area contributed by atoms with Crippen LogP contribution in [0.25, 0.3) is 5.65 Å². The molecular weight excluding hydrogens is 306 g/mol. The van der Waals surface area contributed by atoms with Gasteiger partial charge in [-0.2, -0.15) is 11.8 Å². The molecule has 124 valence electrons. The SMILES string of the molecule is O=C(CCSCc1cn2ccccc2n1)NC1CCCCCC1. The minimum absolute atomic E-state index is 0.208. The molecule has 0 saturated heterocycles. The number of hydrogen-bond acceptors (Lipinski definition) is 3. The number of imidazole rings is 1. The van der Waals surface area contributed by atoms with E-state index in [0.717, 1.165) is 35.7 Å². The number of carbonyl (C=O) groups excluding carboxylic acids is 1. The van der Waals surface area contributed by atoms with Gasteiger partial charge in [-0.1, -0.05) is 31.7 Å². The molecule has 1 amide bonds. The minimum atomic E-state index is 0.208. The predicted octanol–water partition coefficient (Wildman–Crippen LogP) is 3.80. The molecule has 0 spiro atoms. The molecule has 2 aromatic rings. The van der Waals surface area contributed by atoms with Gasteiger partial charge in [0.05, 0.1) is 5.69 Å². The number of carbonyl (C=O) groups is 1. The number of nitrogens with one attached hydrogen (secondary N) is 1. The Hall–Kier alpha value is -1.49. The second kappa shape index (κ2) is 8.39. The summed E-state index contributed by atoms with van der Waals surface area (Å²) in [6.07, 6.45) is 12.1. The van der Waals surface area contributed by atoms with E-state index in [1.54, 1.807) is 11.8 Å². The number of rotatable bonds is 6. The molecule has 1 N–H and O–H groups in total. The molecule has 1 saturated carbocycles. The maximum Gasteiger partial charge on any atom is 0.221 e. The second-order valence-corrected chi connectivity index (χ2v) is 7.36. The molecule has 1 aliphatic rings. The highest BCUT2D eigenvalue weighted by Crippen LogP contribution is 2.18. The fourth-order valence-electron chi connectivity index (χ4n) is 3.12. The van der Waals surface area contributed by atoms with Crippen molar-refractivity contribution in [2.45, 2.75) is 56.7 Å². The summed E-state index contributed by atoms with van der Waals surface area (Å²) in [5.41, 5.74) is 2.06. The van der Waals surface area contributed by atoms with E-state index >= 15 is 0 Å². The third kappa shape index (κ3) is 4.99. The molecule has 1 fully saturated rings. The molecule has 23 heavy (non-hydrogen) atoms. The van der Waals surface area contributed by atoms with E-state index in [0.29, 0.717) is 12.5 Å². The lowest BCUT2D eigenvalue weighted by molar-refractivity contribution is -0.121. The van der Waals surface area contributed by atoms with E-state index < -0.39 is 0 Å². The van der Waals surface area contributed by atoms with Crippen molar-refractivity contribution >= 4 is 23.3 Å². The van der Waals surface area contributed by atoms with E-state index in [1.165, 1.54) is 25.7 Å².